The monoisotopic (exact) mass is 174 g/mol. The topological polar surface area (TPSA) is 0 Å². The highest BCUT2D eigenvalue weighted by molar-refractivity contribution is 5.23. The van der Waals surface area contributed by atoms with Gasteiger partial charge in [0.1, 0.15) is 0 Å². The van der Waals surface area contributed by atoms with Gasteiger partial charge in [-0.3, -0.25) is 0 Å². The van der Waals surface area contributed by atoms with Crippen LogP contribution < -0.4 is 0 Å². The maximum absolute atomic E-state index is 2.53. The van der Waals surface area contributed by atoms with Gasteiger partial charge in [0.15, 0.2) is 0 Å². The van der Waals surface area contributed by atoms with E-state index >= 15 is 0 Å². The van der Waals surface area contributed by atoms with Gasteiger partial charge in [-0.05, 0) is 72.5 Å². The van der Waals surface area contributed by atoms with Gasteiger partial charge in [0, 0.05) is 0 Å². The van der Waals surface area contributed by atoms with Crippen LogP contribution in [-0.2, 0) is 0 Å². The van der Waals surface area contributed by atoms with Crippen molar-refractivity contribution >= 4 is 0 Å². The van der Waals surface area contributed by atoms with Gasteiger partial charge in [0.25, 0.3) is 0 Å². The van der Waals surface area contributed by atoms with Crippen molar-refractivity contribution in [3.05, 3.63) is 0 Å². The second kappa shape index (κ2) is 1.61. The molecule has 0 saturated heterocycles. The van der Waals surface area contributed by atoms with Gasteiger partial charge in [-0.2, -0.15) is 0 Å². The quantitative estimate of drug-likeness (QED) is 0.530. The molecule has 0 aromatic rings. The van der Waals surface area contributed by atoms with E-state index in [1.807, 2.05) is 0 Å². The van der Waals surface area contributed by atoms with Crippen LogP contribution in [0.5, 0.6) is 0 Å². The molecule has 0 aliphatic heterocycles. The Morgan fingerprint density at radius 2 is 1.31 bits per heavy atom. The lowest BCUT2D eigenvalue weighted by Gasteiger charge is -2.26. The molecule has 5 saturated carbocycles. The molecular weight excluding hydrogens is 156 g/mol. The minimum absolute atomic E-state index is 1.11. The molecule has 0 N–H and O–H groups in total. The summed E-state index contributed by atoms with van der Waals surface area (Å²) in [4.78, 5) is 0. The summed E-state index contributed by atoms with van der Waals surface area (Å²) in [5.41, 5.74) is 0. The summed E-state index contributed by atoms with van der Waals surface area (Å²) in [5.74, 6) is 11.0. The molecule has 0 bridgehead atoms. The fourth-order valence-corrected chi connectivity index (χ4v) is 6.23. The minimum Gasteiger partial charge on any atom is -0.0622 e. The molecule has 0 heterocycles. The van der Waals surface area contributed by atoms with Crippen molar-refractivity contribution in [3.63, 3.8) is 0 Å². The van der Waals surface area contributed by atoms with Crippen LogP contribution in [-0.4, -0.2) is 0 Å². The highest BCUT2D eigenvalue weighted by Crippen LogP contribution is 2.81. The molecule has 0 nitrogen and oxygen atoms in total. The van der Waals surface area contributed by atoms with E-state index in [4.69, 9.17) is 0 Å². The van der Waals surface area contributed by atoms with Crippen LogP contribution in [0.3, 0.4) is 0 Å². The van der Waals surface area contributed by atoms with E-state index in [-0.39, 0.29) is 0 Å². The van der Waals surface area contributed by atoms with Crippen LogP contribution in [0.25, 0.3) is 0 Å². The summed E-state index contributed by atoms with van der Waals surface area (Å²) in [6.45, 7) is 2.53. The molecule has 0 amide bonds. The van der Waals surface area contributed by atoms with Gasteiger partial charge < -0.3 is 0 Å². The Hall–Kier alpha value is 0. The number of rotatable bonds is 0. The maximum atomic E-state index is 2.53. The Bertz CT molecular complexity index is 292. The highest BCUT2D eigenvalue weighted by atomic mass is 14.8. The van der Waals surface area contributed by atoms with Gasteiger partial charge >= 0.3 is 0 Å². The first-order valence-electron chi connectivity index (χ1n) is 6.36. The van der Waals surface area contributed by atoms with Crippen LogP contribution in [0.4, 0.5) is 0 Å². The number of hydrogen-bond acceptors (Lipinski definition) is 0. The van der Waals surface area contributed by atoms with Gasteiger partial charge in [0.05, 0.1) is 0 Å². The molecule has 5 rings (SSSR count). The van der Waals surface area contributed by atoms with E-state index in [0.717, 1.165) is 5.92 Å². The number of hydrogen-bond donors (Lipinski definition) is 0. The Morgan fingerprint density at radius 3 is 2.15 bits per heavy atom. The lowest BCUT2D eigenvalue weighted by Crippen LogP contribution is -2.17. The standard InChI is InChI=1S/C13H18/c1-5-2-7-12-8(10(5)12)3-6-4-9-11(6)13(7)9/h5-13H,2-4H2,1H3. The normalized spacial score (nSPS) is 80.5. The van der Waals surface area contributed by atoms with E-state index in [9.17, 15) is 0 Å². The summed E-state index contributed by atoms with van der Waals surface area (Å²) in [7, 11) is 0. The maximum Gasteiger partial charge on any atom is -0.0318 e. The summed E-state index contributed by atoms with van der Waals surface area (Å²) in [6, 6.07) is 0. The van der Waals surface area contributed by atoms with Gasteiger partial charge in [-0.15, -0.1) is 0 Å². The average Bonchev–Trinajstić information content (AvgIpc) is 2.84. The summed E-state index contributed by atoms with van der Waals surface area (Å²) in [6.07, 6.45) is 4.93. The lowest BCUT2D eigenvalue weighted by atomic mass is 9.79. The predicted molar refractivity (Wildman–Crippen MR) is 50.9 cm³/mol. The van der Waals surface area contributed by atoms with Crippen LogP contribution in [0, 0.1) is 53.3 Å². The van der Waals surface area contributed by atoms with Crippen LogP contribution in [0.1, 0.15) is 26.2 Å². The Kier molecular flexibility index (Phi) is 0.804. The van der Waals surface area contributed by atoms with Crippen molar-refractivity contribution in [1.29, 1.82) is 0 Å². The van der Waals surface area contributed by atoms with Crippen molar-refractivity contribution in [3.8, 4) is 0 Å². The van der Waals surface area contributed by atoms with Crippen LogP contribution in [0.15, 0.2) is 0 Å². The molecule has 0 radical (unpaired) electrons. The first-order chi connectivity index (χ1) is 6.36. The molecule has 0 spiro atoms. The van der Waals surface area contributed by atoms with E-state index in [1.54, 1.807) is 19.3 Å². The lowest BCUT2D eigenvalue weighted by molar-refractivity contribution is 0.237. The molecule has 0 aromatic heterocycles. The van der Waals surface area contributed by atoms with E-state index in [1.165, 1.54) is 47.3 Å². The molecule has 9 atom stereocenters. The van der Waals surface area contributed by atoms with Crippen molar-refractivity contribution < 1.29 is 0 Å². The first-order valence-corrected chi connectivity index (χ1v) is 6.36. The third-order valence-corrected chi connectivity index (χ3v) is 6.57. The molecule has 5 aliphatic rings. The molecular formula is C13H18. The molecule has 13 heavy (non-hydrogen) atoms. The SMILES string of the molecule is CC1CC2C3C(CC4CC5C4C52)C13. The summed E-state index contributed by atoms with van der Waals surface area (Å²) < 4.78 is 0. The predicted octanol–water partition coefficient (Wildman–Crippen LogP) is 2.79. The average molecular weight is 174 g/mol. The molecule has 70 valence electrons. The van der Waals surface area contributed by atoms with Crippen molar-refractivity contribution in [2.75, 3.05) is 0 Å². The Morgan fingerprint density at radius 1 is 0.692 bits per heavy atom. The molecule has 5 aliphatic carbocycles. The van der Waals surface area contributed by atoms with Crippen molar-refractivity contribution in [1.82, 2.24) is 0 Å². The van der Waals surface area contributed by atoms with E-state index in [2.05, 4.69) is 6.92 Å². The van der Waals surface area contributed by atoms with Crippen LogP contribution >= 0.6 is 0 Å². The van der Waals surface area contributed by atoms with Gasteiger partial charge in [0.2, 0.25) is 0 Å². The zero-order valence-corrected chi connectivity index (χ0v) is 8.32. The second-order valence-corrected chi connectivity index (χ2v) is 6.75. The summed E-state index contributed by atoms with van der Waals surface area (Å²) >= 11 is 0. The molecule has 0 aromatic carbocycles. The molecule has 0 heteroatoms. The zero-order valence-electron chi connectivity index (χ0n) is 8.32. The van der Waals surface area contributed by atoms with Gasteiger partial charge in [-0.1, -0.05) is 6.92 Å². The fraction of sp³-hybridized carbons (Fsp3) is 1.00. The fourth-order valence-electron chi connectivity index (χ4n) is 6.23. The smallest absolute Gasteiger partial charge is 0.0318 e. The second-order valence-electron chi connectivity index (χ2n) is 6.75. The largest absolute Gasteiger partial charge is 0.0622 e. The van der Waals surface area contributed by atoms with Gasteiger partial charge in [-0.25, -0.2) is 0 Å². The Labute approximate surface area is 80.1 Å². The molecule has 9 unspecified atom stereocenters. The van der Waals surface area contributed by atoms with E-state index in [0.29, 0.717) is 0 Å². The van der Waals surface area contributed by atoms with E-state index < -0.39 is 0 Å². The Balaban J connectivity index is 1.61. The van der Waals surface area contributed by atoms with Crippen molar-refractivity contribution in [2.45, 2.75) is 26.2 Å². The zero-order chi connectivity index (χ0) is 8.32. The highest BCUT2D eigenvalue weighted by Gasteiger charge is 2.75. The summed E-state index contributed by atoms with van der Waals surface area (Å²) in [5, 5.41) is 0. The number of fused-ring (bicyclic) bond motifs is 3. The van der Waals surface area contributed by atoms with Crippen molar-refractivity contribution in [2.24, 2.45) is 53.3 Å². The minimum atomic E-state index is 1.11. The van der Waals surface area contributed by atoms with Crippen LogP contribution in [0.2, 0.25) is 0 Å². The molecule has 5 fully saturated rings. The first kappa shape index (κ1) is 6.48. The third-order valence-electron chi connectivity index (χ3n) is 6.57. The third kappa shape index (κ3) is 0.521.